The monoisotopic (exact) mass is 349 g/mol. The van der Waals surface area contributed by atoms with Crippen LogP contribution in [0.5, 0.6) is 0 Å². The van der Waals surface area contributed by atoms with E-state index in [9.17, 15) is 0 Å². The number of fused-ring (bicyclic) bond motifs is 4. The first kappa shape index (κ1) is 15.3. The largest absolute Gasteiger partial charge is 0.363 e. The van der Waals surface area contributed by atoms with E-state index in [-0.39, 0.29) is 0 Å². The molecule has 128 valence electrons. The van der Waals surface area contributed by atoms with Gasteiger partial charge in [-0.05, 0) is 68.6 Å². The first-order valence-electron chi connectivity index (χ1n) is 9.43. The van der Waals surface area contributed by atoms with E-state index >= 15 is 0 Å². The predicted octanol–water partition coefficient (Wildman–Crippen LogP) is 5.37. The molecule has 2 heterocycles. The molecule has 0 radical (unpaired) electrons. The fraction of sp³-hybridized carbons (Fsp3) is 0.429. The molecule has 5 rings (SSSR count). The van der Waals surface area contributed by atoms with Crippen molar-refractivity contribution in [2.24, 2.45) is 0 Å². The molecule has 1 aromatic carbocycles. The lowest BCUT2D eigenvalue weighted by atomic mass is 9.87. The van der Waals surface area contributed by atoms with Crippen molar-refractivity contribution in [3.8, 4) is 0 Å². The quantitative estimate of drug-likeness (QED) is 0.676. The number of anilines is 1. The van der Waals surface area contributed by atoms with E-state index in [1.54, 1.807) is 0 Å². The molecule has 2 aliphatic rings. The van der Waals surface area contributed by atoms with Gasteiger partial charge in [0.1, 0.15) is 16.5 Å². The Hall–Kier alpha value is -1.94. The van der Waals surface area contributed by atoms with Gasteiger partial charge >= 0.3 is 0 Å². The maximum Gasteiger partial charge on any atom is 0.139 e. The highest BCUT2D eigenvalue weighted by Crippen LogP contribution is 2.40. The van der Waals surface area contributed by atoms with E-state index in [2.05, 4.69) is 29.6 Å². The van der Waals surface area contributed by atoms with E-state index in [1.165, 1.54) is 76.7 Å². The molecule has 25 heavy (non-hydrogen) atoms. The Morgan fingerprint density at radius 2 is 1.92 bits per heavy atom. The van der Waals surface area contributed by atoms with Gasteiger partial charge in [0.25, 0.3) is 0 Å². The van der Waals surface area contributed by atoms with Crippen molar-refractivity contribution in [2.75, 3.05) is 5.32 Å². The van der Waals surface area contributed by atoms with Gasteiger partial charge in [0, 0.05) is 4.88 Å². The average molecular weight is 350 g/mol. The molecule has 0 fully saturated rings. The van der Waals surface area contributed by atoms with Crippen LogP contribution in [0.25, 0.3) is 10.2 Å². The van der Waals surface area contributed by atoms with Crippen LogP contribution in [0.4, 0.5) is 5.82 Å². The summed E-state index contributed by atoms with van der Waals surface area (Å²) in [6.45, 7) is 2.01. The topological polar surface area (TPSA) is 37.8 Å². The minimum absolute atomic E-state index is 0.363. The Labute approximate surface area is 152 Å². The van der Waals surface area contributed by atoms with E-state index < -0.39 is 0 Å². The lowest BCUT2D eigenvalue weighted by Gasteiger charge is -2.27. The molecule has 0 unspecified atom stereocenters. The van der Waals surface area contributed by atoms with Gasteiger partial charge in [-0.2, -0.15) is 0 Å². The molecular weight excluding hydrogens is 326 g/mol. The summed E-state index contributed by atoms with van der Waals surface area (Å²) in [4.78, 5) is 12.3. The maximum absolute atomic E-state index is 4.83. The Bertz CT molecular complexity index is 944. The number of hydrogen-bond donors (Lipinski definition) is 1. The van der Waals surface area contributed by atoms with E-state index in [0.717, 1.165) is 11.6 Å². The lowest BCUT2D eigenvalue weighted by molar-refractivity contribution is 0.599. The number of aryl methyl sites for hydroxylation is 4. The zero-order valence-electron chi connectivity index (χ0n) is 14.6. The van der Waals surface area contributed by atoms with Crippen LogP contribution in [-0.2, 0) is 19.3 Å². The van der Waals surface area contributed by atoms with Crippen LogP contribution in [0.3, 0.4) is 0 Å². The van der Waals surface area contributed by atoms with Gasteiger partial charge in [0.05, 0.1) is 11.4 Å². The Morgan fingerprint density at radius 3 is 2.88 bits per heavy atom. The highest BCUT2D eigenvalue weighted by Gasteiger charge is 2.24. The highest BCUT2D eigenvalue weighted by molar-refractivity contribution is 7.19. The number of benzene rings is 1. The summed E-state index contributed by atoms with van der Waals surface area (Å²) in [6.07, 6.45) is 8.60. The molecule has 4 heteroatoms. The van der Waals surface area contributed by atoms with E-state index in [1.807, 2.05) is 18.3 Å². The third-order valence-electron chi connectivity index (χ3n) is 5.61. The summed E-state index contributed by atoms with van der Waals surface area (Å²) in [6, 6.07) is 9.23. The predicted molar refractivity (Wildman–Crippen MR) is 105 cm³/mol. The van der Waals surface area contributed by atoms with Crippen molar-refractivity contribution < 1.29 is 0 Å². The highest BCUT2D eigenvalue weighted by atomic mass is 32.1. The molecule has 2 aliphatic carbocycles. The second-order valence-corrected chi connectivity index (χ2v) is 8.38. The van der Waals surface area contributed by atoms with Crippen LogP contribution >= 0.6 is 11.3 Å². The van der Waals surface area contributed by atoms with Gasteiger partial charge in [-0.1, -0.05) is 24.3 Å². The molecule has 0 saturated heterocycles. The zero-order chi connectivity index (χ0) is 16.8. The third-order valence-corrected chi connectivity index (χ3v) is 6.79. The molecule has 0 bridgehead atoms. The van der Waals surface area contributed by atoms with Crippen LogP contribution in [0.1, 0.15) is 59.1 Å². The fourth-order valence-electron chi connectivity index (χ4n) is 4.44. The number of aromatic nitrogens is 2. The Balaban J connectivity index is 1.61. The Morgan fingerprint density at radius 1 is 1.04 bits per heavy atom. The smallest absolute Gasteiger partial charge is 0.139 e. The lowest BCUT2D eigenvalue weighted by Crippen LogP contribution is -2.18. The molecule has 1 N–H and O–H groups in total. The first-order valence-corrected chi connectivity index (χ1v) is 10.2. The second-order valence-electron chi connectivity index (χ2n) is 7.30. The van der Waals surface area contributed by atoms with Gasteiger partial charge < -0.3 is 5.32 Å². The van der Waals surface area contributed by atoms with E-state index in [4.69, 9.17) is 9.97 Å². The van der Waals surface area contributed by atoms with Crippen molar-refractivity contribution in [2.45, 2.75) is 57.9 Å². The van der Waals surface area contributed by atoms with E-state index in [0.29, 0.717) is 6.04 Å². The number of nitrogens with zero attached hydrogens (tertiary/aromatic N) is 2. The summed E-state index contributed by atoms with van der Waals surface area (Å²) in [5.74, 6) is 1.93. The van der Waals surface area contributed by atoms with Crippen LogP contribution < -0.4 is 5.32 Å². The summed E-state index contributed by atoms with van der Waals surface area (Å²) >= 11 is 1.88. The van der Waals surface area contributed by atoms with Crippen LogP contribution in [-0.4, -0.2) is 9.97 Å². The zero-order valence-corrected chi connectivity index (χ0v) is 15.5. The van der Waals surface area contributed by atoms with Gasteiger partial charge in [-0.15, -0.1) is 11.3 Å². The van der Waals surface area contributed by atoms with Crippen molar-refractivity contribution >= 4 is 27.4 Å². The van der Waals surface area contributed by atoms with Crippen LogP contribution in [0.2, 0.25) is 0 Å². The fourth-order valence-corrected chi connectivity index (χ4v) is 5.74. The van der Waals surface area contributed by atoms with Crippen molar-refractivity contribution in [1.29, 1.82) is 0 Å². The average Bonchev–Trinajstić information content (AvgIpc) is 3.00. The summed E-state index contributed by atoms with van der Waals surface area (Å²) < 4.78 is 0. The standard InChI is InChI=1S/C21H23N3S/c1-13-22-20(19-16-10-4-5-12-18(16)25-21(19)23-13)24-17-11-6-8-14-7-2-3-9-15(14)17/h2-3,7,9,17H,4-6,8,10-12H2,1H3,(H,22,23,24)/t17-/m0/s1. The van der Waals surface area contributed by atoms with Crippen molar-refractivity contribution in [1.82, 2.24) is 9.97 Å². The summed E-state index contributed by atoms with van der Waals surface area (Å²) in [5, 5.41) is 5.11. The molecule has 0 saturated carbocycles. The van der Waals surface area contributed by atoms with Gasteiger partial charge in [0.2, 0.25) is 0 Å². The third kappa shape index (κ3) is 2.63. The van der Waals surface area contributed by atoms with Gasteiger partial charge in [-0.25, -0.2) is 9.97 Å². The SMILES string of the molecule is Cc1nc(N[C@H]2CCCc3ccccc32)c2c3c(sc2n1)CCCC3. The van der Waals surface area contributed by atoms with Crippen LogP contribution in [0.15, 0.2) is 24.3 Å². The van der Waals surface area contributed by atoms with Gasteiger partial charge in [0.15, 0.2) is 0 Å². The number of nitrogens with one attached hydrogen (secondary N) is 1. The molecular formula is C21H23N3S. The number of rotatable bonds is 2. The first-order chi connectivity index (χ1) is 12.3. The van der Waals surface area contributed by atoms with Crippen molar-refractivity contribution in [3.63, 3.8) is 0 Å². The minimum Gasteiger partial charge on any atom is -0.363 e. The number of thiophene rings is 1. The molecule has 0 aliphatic heterocycles. The maximum atomic E-state index is 4.83. The number of hydrogen-bond acceptors (Lipinski definition) is 4. The normalized spacial score (nSPS) is 19.5. The second kappa shape index (κ2) is 6.10. The molecule has 3 nitrogen and oxygen atoms in total. The summed E-state index contributed by atoms with van der Waals surface area (Å²) in [7, 11) is 0. The molecule has 0 spiro atoms. The minimum atomic E-state index is 0.363. The molecule has 2 aromatic heterocycles. The van der Waals surface area contributed by atoms with Crippen molar-refractivity contribution in [3.05, 3.63) is 51.7 Å². The van der Waals surface area contributed by atoms with Crippen LogP contribution in [0, 0.1) is 6.92 Å². The molecule has 1 atom stereocenters. The van der Waals surface area contributed by atoms with Gasteiger partial charge in [-0.3, -0.25) is 0 Å². The Kier molecular flexibility index (Phi) is 3.74. The molecule has 3 aromatic rings. The molecule has 0 amide bonds. The summed E-state index contributed by atoms with van der Waals surface area (Å²) in [5.41, 5.74) is 4.45.